The Bertz CT molecular complexity index is 1260. The molecule has 3 heterocycles. The fourth-order valence-corrected chi connectivity index (χ4v) is 4.56. The molecule has 4 rings (SSSR count). The van der Waals surface area contributed by atoms with Gasteiger partial charge in [0.2, 0.25) is 0 Å². The number of hydrogen-bond acceptors (Lipinski definition) is 4. The van der Waals surface area contributed by atoms with Crippen molar-refractivity contribution in [3.05, 3.63) is 61.3 Å². The lowest BCUT2D eigenvalue weighted by Crippen LogP contribution is -2.37. The molecule has 0 aliphatic carbocycles. The Balaban J connectivity index is 2.02. The number of aromatic nitrogens is 3. The van der Waals surface area contributed by atoms with Gasteiger partial charge in [-0.05, 0) is 30.4 Å². The van der Waals surface area contributed by atoms with Crippen LogP contribution in [0, 0.1) is 17.2 Å². The summed E-state index contributed by atoms with van der Waals surface area (Å²) < 4.78 is 2.90. The van der Waals surface area contributed by atoms with Crippen LogP contribution in [0.3, 0.4) is 0 Å². The van der Waals surface area contributed by atoms with Crippen LogP contribution < -0.4 is 16.1 Å². The number of benzene rings is 1. The molecular formula is C22H24ClN5O2. The summed E-state index contributed by atoms with van der Waals surface area (Å²) in [7, 11) is 1.44. The molecule has 0 spiro atoms. The second-order valence-corrected chi connectivity index (χ2v) is 8.28. The molecule has 7 nitrogen and oxygen atoms in total. The zero-order chi connectivity index (χ0) is 21.4. The average Bonchev–Trinajstić information content (AvgIpc) is 3.06. The van der Waals surface area contributed by atoms with Gasteiger partial charge in [0, 0.05) is 25.2 Å². The summed E-state index contributed by atoms with van der Waals surface area (Å²) in [5.74, 6) is 1.21. The number of nitrogens with zero attached hydrogens (tertiary/aromatic N) is 4. The number of nitriles is 1. The van der Waals surface area contributed by atoms with Gasteiger partial charge in [0.05, 0.1) is 12.1 Å². The third kappa shape index (κ3) is 3.31. The maximum atomic E-state index is 13.1. The standard InChI is InChI=1S/C22H24ClN5O2/c1-3-14-7-6-10-27(12-14)20-16(11-24)18-19(21(29)26(2)22(30)25-18)28(20)13-15-8-4-5-9-17(15)23/h4-5,8-9,14H,3,6-7,10,12-13H2,1-2H3,(H,25,30)/t14-/m1/s1. The van der Waals surface area contributed by atoms with E-state index in [9.17, 15) is 14.9 Å². The van der Waals surface area contributed by atoms with Crippen LogP contribution in [0.15, 0.2) is 33.9 Å². The number of hydrogen-bond donors (Lipinski definition) is 1. The van der Waals surface area contributed by atoms with Gasteiger partial charge in [-0.15, -0.1) is 0 Å². The molecule has 0 unspecified atom stereocenters. The van der Waals surface area contributed by atoms with E-state index < -0.39 is 11.2 Å². The molecule has 1 aromatic carbocycles. The van der Waals surface area contributed by atoms with Gasteiger partial charge in [0.1, 0.15) is 23.0 Å². The number of anilines is 1. The van der Waals surface area contributed by atoms with E-state index in [1.807, 2.05) is 22.8 Å². The Morgan fingerprint density at radius 3 is 2.77 bits per heavy atom. The van der Waals surface area contributed by atoms with Crippen molar-refractivity contribution in [2.45, 2.75) is 32.7 Å². The summed E-state index contributed by atoms with van der Waals surface area (Å²) in [6, 6.07) is 9.71. The smallest absolute Gasteiger partial charge is 0.328 e. The third-order valence-electron chi connectivity index (χ3n) is 6.07. The molecule has 0 bridgehead atoms. The number of piperidine rings is 1. The number of H-pyrrole nitrogens is 1. The van der Waals surface area contributed by atoms with Gasteiger partial charge in [-0.2, -0.15) is 5.26 Å². The number of fused-ring (bicyclic) bond motifs is 1. The molecule has 30 heavy (non-hydrogen) atoms. The van der Waals surface area contributed by atoms with Crippen LogP contribution in [0.25, 0.3) is 11.0 Å². The Morgan fingerprint density at radius 1 is 1.30 bits per heavy atom. The maximum absolute atomic E-state index is 13.1. The van der Waals surface area contributed by atoms with E-state index in [4.69, 9.17) is 11.6 Å². The maximum Gasteiger partial charge on any atom is 0.328 e. The van der Waals surface area contributed by atoms with Gasteiger partial charge >= 0.3 is 5.69 Å². The van der Waals surface area contributed by atoms with Crippen LogP contribution in [-0.2, 0) is 13.6 Å². The van der Waals surface area contributed by atoms with Crippen molar-refractivity contribution in [3.8, 4) is 6.07 Å². The molecule has 156 valence electrons. The van der Waals surface area contributed by atoms with Gasteiger partial charge < -0.3 is 14.5 Å². The van der Waals surface area contributed by atoms with Crippen LogP contribution in [0.4, 0.5) is 5.82 Å². The fourth-order valence-electron chi connectivity index (χ4n) is 4.37. The molecule has 1 saturated heterocycles. The molecule has 1 aliphatic rings. The minimum absolute atomic E-state index is 0.297. The van der Waals surface area contributed by atoms with Crippen molar-refractivity contribution >= 4 is 28.5 Å². The number of aromatic amines is 1. The van der Waals surface area contributed by atoms with Crippen molar-refractivity contribution < 1.29 is 0 Å². The van der Waals surface area contributed by atoms with Gasteiger partial charge in [-0.3, -0.25) is 9.36 Å². The lowest BCUT2D eigenvalue weighted by Gasteiger charge is -2.34. The van der Waals surface area contributed by atoms with Crippen LogP contribution in [0.1, 0.15) is 37.3 Å². The van der Waals surface area contributed by atoms with Crippen molar-refractivity contribution in [3.63, 3.8) is 0 Å². The molecule has 8 heteroatoms. The summed E-state index contributed by atoms with van der Waals surface area (Å²) in [5.41, 5.74) is 0.847. The number of rotatable bonds is 4. The first-order valence-corrected chi connectivity index (χ1v) is 10.6. The van der Waals surface area contributed by atoms with Gasteiger partial charge in [-0.25, -0.2) is 4.79 Å². The molecule has 3 aromatic rings. The number of halogens is 1. The first kappa shape index (κ1) is 20.3. The summed E-state index contributed by atoms with van der Waals surface area (Å²) in [6.45, 7) is 4.12. The van der Waals surface area contributed by atoms with E-state index in [0.29, 0.717) is 39.9 Å². The second kappa shape index (κ2) is 8.04. The summed E-state index contributed by atoms with van der Waals surface area (Å²) in [4.78, 5) is 30.3. The molecule has 1 aliphatic heterocycles. The molecular weight excluding hydrogens is 402 g/mol. The Hall–Kier alpha value is -2.98. The van der Waals surface area contributed by atoms with Crippen molar-refractivity contribution in [2.24, 2.45) is 13.0 Å². The lowest BCUT2D eigenvalue weighted by molar-refractivity contribution is 0.401. The average molecular weight is 426 g/mol. The van der Waals surface area contributed by atoms with Crippen LogP contribution in [-0.4, -0.2) is 27.2 Å². The van der Waals surface area contributed by atoms with E-state index in [-0.39, 0.29) is 0 Å². The zero-order valence-corrected chi connectivity index (χ0v) is 17.9. The highest BCUT2D eigenvalue weighted by atomic mass is 35.5. The molecule has 1 N–H and O–H groups in total. The summed E-state index contributed by atoms with van der Waals surface area (Å²) in [6.07, 6.45) is 3.23. The molecule has 1 fully saturated rings. The highest BCUT2D eigenvalue weighted by Gasteiger charge is 2.29. The Labute approximate surface area is 179 Å². The van der Waals surface area contributed by atoms with Crippen molar-refractivity contribution in [2.75, 3.05) is 18.0 Å². The predicted octanol–water partition coefficient (Wildman–Crippen LogP) is 3.23. The molecule has 0 radical (unpaired) electrons. The van der Waals surface area contributed by atoms with Gasteiger partial charge in [-0.1, -0.05) is 43.1 Å². The van der Waals surface area contributed by atoms with E-state index in [1.54, 1.807) is 6.07 Å². The lowest BCUT2D eigenvalue weighted by atomic mass is 9.95. The Kier molecular flexibility index (Phi) is 5.44. The summed E-state index contributed by atoms with van der Waals surface area (Å²) >= 11 is 6.41. The first-order valence-electron chi connectivity index (χ1n) is 10.2. The first-order chi connectivity index (χ1) is 14.5. The van der Waals surface area contributed by atoms with Crippen molar-refractivity contribution in [1.82, 2.24) is 14.1 Å². The van der Waals surface area contributed by atoms with Crippen molar-refractivity contribution in [1.29, 1.82) is 5.26 Å². The van der Waals surface area contributed by atoms with E-state index in [1.165, 1.54) is 7.05 Å². The molecule has 1 atom stereocenters. The highest BCUT2D eigenvalue weighted by Crippen LogP contribution is 2.34. The number of nitrogens with one attached hydrogen (secondary N) is 1. The molecule has 2 aromatic heterocycles. The minimum atomic E-state index is -0.532. The Morgan fingerprint density at radius 2 is 2.07 bits per heavy atom. The third-order valence-corrected chi connectivity index (χ3v) is 6.44. The normalized spacial score (nSPS) is 16.7. The van der Waals surface area contributed by atoms with Crippen LogP contribution in [0.5, 0.6) is 0 Å². The topological polar surface area (TPSA) is 86.8 Å². The monoisotopic (exact) mass is 425 g/mol. The largest absolute Gasteiger partial charge is 0.357 e. The molecule has 0 amide bonds. The fraction of sp³-hybridized carbons (Fsp3) is 0.409. The quantitative estimate of drug-likeness (QED) is 0.695. The van der Waals surface area contributed by atoms with E-state index in [2.05, 4.69) is 22.9 Å². The predicted molar refractivity (Wildman–Crippen MR) is 118 cm³/mol. The van der Waals surface area contributed by atoms with Gasteiger partial charge in [0.25, 0.3) is 5.56 Å². The van der Waals surface area contributed by atoms with E-state index in [0.717, 1.165) is 42.5 Å². The van der Waals surface area contributed by atoms with Crippen LogP contribution >= 0.6 is 11.6 Å². The minimum Gasteiger partial charge on any atom is -0.357 e. The van der Waals surface area contributed by atoms with E-state index >= 15 is 0 Å². The summed E-state index contributed by atoms with van der Waals surface area (Å²) in [5, 5.41) is 10.6. The SMILES string of the molecule is CC[C@@H]1CCCN(c2c(C#N)c3[nH]c(=O)n(C)c(=O)c3n2Cc2ccccc2Cl)C1. The van der Waals surface area contributed by atoms with Crippen LogP contribution in [0.2, 0.25) is 5.02 Å². The highest BCUT2D eigenvalue weighted by molar-refractivity contribution is 6.31. The second-order valence-electron chi connectivity index (χ2n) is 7.87. The van der Waals surface area contributed by atoms with Gasteiger partial charge in [0.15, 0.2) is 0 Å². The molecule has 0 saturated carbocycles. The zero-order valence-electron chi connectivity index (χ0n) is 17.1.